The molecule has 0 spiro atoms. The van der Waals surface area contributed by atoms with Crippen molar-refractivity contribution in [3.05, 3.63) is 42.0 Å². The maximum absolute atomic E-state index is 12.4. The van der Waals surface area contributed by atoms with Gasteiger partial charge in [0.1, 0.15) is 0 Å². The Bertz CT molecular complexity index is 673. The molecule has 0 aliphatic rings. The van der Waals surface area contributed by atoms with Gasteiger partial charge >= 0.3 is 5.97 Å². The summed E-state index contributed by atoms with van der Waals surface area (Å²) in [7, 11) is 6.00. The topological polar surface area (TPSA) is 63.2 Å². The van der Waals surface area contributed by atoms with E-state index in [1.54, 1.807) is 36.4 Å². The van der Waals surface area contributed by atoms with Crippen LogP contribution in [-0.4, -0.2) is 34.4 Å². The van der Waals surface area contributed by atoms with Gasteiger partial charge < -0.3 is 23.7 Å². The molecule has 2 aromatic carbocycles. The summed E-state index contributed by atoms with van der Waals surface area (Å²) in [6, 6.07) is 9.87. The van der Waals surface area contributed by atoms with Gasteiger partial charge in [0.2, 0.25) is 5.75 Å². The van der Waals surface area contributed by atoms with Crippen LogP contribution < -0.4 is 23.7 Å². The maximum Gasteiger partial charge on any atom is 0.343 e. The van der Waals surface area contributed by atoms with E-state index in [9.17, 15) is 4.79 Å². The quantitative estimate of drug-likeness (QED) is 0.603. The van der Waals surface area contributed by atoms with Crippen molar-refractivity contribution in [2.75, 3.05) is 28.4 Å². The lowest BCUT2D eigenvalue weighted by molar-refractivity contribution is 0.0724. The van der Waals surface area contributed by atoms with Crippen molar-refractivity contribution < 1.29 is 28.5 Å². The largest absolute Gasteiger partial charge is 0.493 e. The van der Waals surface area contributed by atoms with Crippen molar-refractivity contribution in [2.24, 2.45) is 0 Å². The number of benzene rings is 2. The molecule has 2 aromatic rings. The Morgan fingerprint density at radius 2 is 1.30 bits per heavy atom. The molecule has 0 fully saturated rings. The Hall–Kier alpha value is -2.89. The van der Waals surface area contributed by atoms with E-state index in [4.69, 9.17) is 23.7 Å². The summed E-state index contributed by atoms with van der Waals surface area (Å²) in [5.41, 5.74) is 0.315. The van der Waals surface area contributed by atoms with Crippen LogP contribution in [0.1, 0.15) is 10.4 Å². The average molecular weight is 318 g/mol. The summed E-state index contributed by atoms with van der Waals surface area (Å²) in [6.07, 6.45) is 0. The lowest BCUT2D eigenvalue weighted by Crippen LogP contribution is -2.10. The van der Waals surface area contributed by atoms with Crippen LogP contribution in [0.2, 0.25) is 0 Å². The Morgan fingerprint density at radius 1 is 0.739 bits per heavy atom. The van der Waals surface area contributed by atoms with E-state index in [0.29, 0.717) is 28.6 Å². The number of ether oxygens (including phenoxy) is 5. The second-order valence-corrected chi connectivity index (χ2v) is 4.45. The highest BCUT2D eigenvalue weighted by atomic mass is 16.6. The Balaban J connectivity index is 2.33. The van der Waals surface area contributed by atoms with Crippen LogP contribution in [0.5, 0.6) is 28.7 Å². The SMILES string of the molecule is COc1ccc(C(=O)Oc2c(OC)cccc2OC)cc1OC. The molecule has 0 bridgehead atoms. The highest BCUT2D eigenvalue weighted by molar-refractivity contribution is 5.92. The van der Waals surface area contributed by atoms with Gasteiger partial charge in [-0.1, -0.05) is 6.07 Å². The highest BCUT2D eigenvalue weighted by Gasteiger charge is 2.18. The Kier molecular flexibility index (Phi) is 5.30. The van der Waals surface area contributed by atoms with Crippen molar-refractivity contribution in [3.63, 3.8) is 0 Å². The minimum Gasteiger partial charge on any atom is -0.493 e. The van der Waals surface area contributed by atoms with Crippen LogP contribution in [0.25, 0.3) is 0 Å². The van der Waals surface area contributed by atoms with Crippen molar-refractivity contribution in [1.29, 1.82) is 0 Å². The zero-order chi connectivity index (χ0) is 16.8. The number of carbonyl (C=O) groups is 1. The van der Waals surface area contributed by atoms with E-state index in [1.165, 1.54) is 28.4 Å². The molecule has 0 saturated carbocycles. The van der Waals surface area contributed by atoms with Crippen molar-refractivity contribution in [2.45, 2.75) is 0 Å². The van der Waals surface area contributed by atoms with E-state index >= 15 is 0 Å². The first-order valence-electron chi connectivity index (χ1n) is 6.79. The van der Waals surface area contributed by atoms with Gasteiger partial charge in [0, 0.05) is 0 Å². The van der Waals surface area contributed by atoms with Gasteiger partial charge in [-0.2, -0.15) is 0 Å². The zero-order valence-corrected chi connectivity index (χ0v) is 13.4. The summed E-state index contributed by atoms with van der Waals surface area (Å²) in [5.74, 6) is 1.43. The van der Waals surface area contributed by atoms with E-state index in [1.807, 2.05) is 0 Å². The monoisotopic (exact) mass is 318 g/mol. The molecule has 0 saturated heterocycles. The van der Waals surface area contributed by atoms with Gasteiger partial charge in [-0.3, -0.25) is 0 Å². The highest BCUT2D eigenvalue weighted by Crippen LogP contribution is 2.37. The molecule has 6 nitrogen and oxygen atoms in total. The maximum atomic E-state index is 12.4. The number of hydrogen-bond donors (Lipinski definition) is 0. The molecule has 0 radical (unpaired) electrons. The third-order valence-corrected chi connectivity index (χ3v) is 3.20. The summed E-state index contributed by atoms with van der Waals surface area (Å²) in [4.78, 5) is 12.4. The number of para-hydroxylation sites is 1. The molecule has 0 unspecified atom stereocenters. The molecule has 2 rings (SSSR count). The molecular formula is C17H18O6. The summed E-state index contributed by atoms with van der Waals surface area (Å²) < 4.78 is 26.2. The fourth-order valence-corrected chi connectivity index (χ4v) is 2.03. The van der Waals surface area contributed by atoms with Crippen molar-refractivity contribution in [1.82, 2.24) is 0 Å². The van der Waals surface area contributed by atoms with Crippen LogP contribution in [0.4, 0.5) is 0 Å². The van der Waals surface area contributed by atoms with E-state index in [0.717, 1.165) is 0 Å². The summed E-state index contributed by atoms with van der Waals surface area (Å²) >= 11 is 0. The molecular weight excluding hydrogens is 300 g/mol. The number of esters is 1. The molecule has 0 amide bonds. The molecule has 0 aromatic heterocycles. The van der Waals surface area contributed by atoms with Gasteiger partial charge in [0.05, 0.1) is 34.0 Å². The zero-order valence-electron chi connectivity index (χ0n) is 13.4. The molecule has 23 heavy (non-hydrogen) atoms. The Labute approximate surface area is 134 Å². The molecule has 6 heteroatoms. The van der Waals surface area contributed by atoms with Gasteiger partial charge in [0.15, 0.2) is 23.0 Å². The van der Waals surface area contributed by atoms with Crippen molar-refractivity contribution >= 4 is 5.97 Å². The van der Waals surface area contributed by atoms with Gasteiger partial charge in [-0.15, -0.1) is 0 Å². The Morgan fingerprint density at radius 3 is 1.83 bits per heavy atom. The molecule has 0 aliphatic carbocycles. The molecule has 0 atom stereocenters. The first kappa shape index (κ1) is 16.5. The predicted molar refractivity (Wildman–Crippen MR) is 84.1 cm³/mol. The lowest BCUT2D eigenvalue weighted by Gasteiger charge is -2.13. The molecule has 0 heterocycles. The first-order chi connectivity index (χ1) is 11.1. The number of carbonyl (C=O) groups excluding carboxylic acids is 1. The number of methoxy groups -OCH3 is 4. The van der Waals surface area contributed by atoms with Gasteiger partial charge in [-0.25, -0.2) is 4.79 Å². The minimum absolute atomic E-state index is 0.220. The third-order valence-electron chi connectivity index (χ3n) is 3.20. The van der Waals surface area contributed by atoms with Gasteiger partial charge in [-0.05, 0) is 30.3 Å². The number of hydrogen-bond acceptors (Lipinski definition) is 6. The molecule has 122 valence electrons. The summed E-state index contributed by atoms with van der Waals surface area (Å²) in [6.45, 7) is 0. The second kappa shape index (κ2) is 7.40. The predicted octanol–water partition coefficient (Wildman–Crippen LogP) is 2.94. The molecule has 0 N–H and O–H groups in total. The fourth-order valence-electron chi connectivity index (χ4n) is 2.03. The first-order valence-corrected chi connectivity index (χ1v) is 6.79. The third kappa shape index (κ3) is 3.48. The second-order valence-electron chi connectivity index (χ2n) is 4.45. The fraction of sp³-hybridized carbons (Fsp3) is 0.235. The van der Waals surface area contributed by atoms with Crippen molar-refractivity contribution in [3.8, 4) is 28.7 Å². The standard InChI is InChI=1S/C17H18O6/c1-19-12-9-8-11(10-15(12)22-4)17(18)23-16-13(20-2)6-5-7-14(16)21-3/h5-10H,1-4H3. The summed E-state index contributed by atoms with van der Waals surface area (Å²) in [5, 5.41) is 0. The average Bonchev–Trinajstić information content (AvgIpc) is 2.60. The van der Waals surface area contributed by atoms with Gasteiger partial charge in [0.25, 0.3) is 0 Å². The lowest BCUT2D eigenvalue weighted by atomic mass is 10.2. The normalized spacial score (nSPS) is 9.91. The van der Waals surface area contributed by atoms with Crippen LogP contribution >= 0.6 is 0 Å². The molecule has 0 aliphatic heterocycles. The smallest absolute Gasteiger partial charge is 0.343 e. The number of rotatable bonds is 6. The van der Waals surface area contributed by atoms with E-state index in [2.05, 4.69) is 0 Å². The van der Waals surface area contributed by atoms with E-state index in [-0.39, 0.29) is 5.75 Å². The van der Waals surface area contributed by atoms with Crippen LogP contribution in [0.3, 0.4) is 0 Å². The van der Waals surface area contributed by atoms with Crippen LogP contribution in [-0.2, 0) is 0 Å². The van der Waals surface area contributed by atoms with E-state index < -0.39 is 5.97 Å². The minimum atomic E-state index is -0.561. The van der Waals surface area contributed by atoms with Crippen LogP contribution in [0.15, 0.2) is 36.4 Å². The van der Waals surface area contributed by atoms with Crippen LogP contribution in [0, 0.1) is 0 Å².